The molecular weight excluding hydrogens is 309 g/mol. The fourth-order valence-electron chi connectivity index (χ4n) is 2.45. The van der Waals surface area contributed by atoms with Crippen LogP contribution in [0.3, 0.4) is 0 Å². The highest BCUT2D eigenvalue weighted by Crippen LogP contribution is 2.33. The van der Waals surface area contributed by atoms with Crippen molar-refractivity contribution < 1.29 is 9.59 Å². The summed E-state index contributed by atoms with van der Waals surface area (Å²) in [4.78, 5) is 25.9. The Kier molecular flexibility index (Phi) is 3.70. The summed E-state index contributed by atoms with van der Waals surface area (Å²) in [5.74, 6) is -0.877. The average Bonchev–Trinajstić information content (AvgIpc) is 2.76. The summed E-state index contributed by atoms with van der Waals surface area (Å²) in [7, 11) is 0. The molecule has 1 atom stereocenters. The largest absolute Gasteiger partial charge is 0.274 e. The molecule has 0 aromatic heterocycles. The van der Waals surface area contributed by atoms with Gasteiger partial charge < -0.3 is 0 Å². The van der Waals surface area contributed by atoms with Gasteiger partial charge in [-0.25, -0.2) is 0 Å². The van der Waals surface area contributed by atoms with Crippen LogP contribution in [0.1, 0.15) is 17.9 Å². The number of rotatable bonds is 2. The van der Waals surface area contributed by atoms with Gasteiger partial charge >= 0.3 is 0 Å². The number of carbonyl (C=O) groups excluding carboxylic acids is 2. The number of benzene rings is 2. The van der Waals surface area contributed by atoms with Crippen LogP contribution >= 0.6 is 23.2 Å². The zero-order valence-corrected chi connectivity index (χ0v) is 12.4. The lowest BCUT2D eigenvalue weighted by molar-refractivity contribution is -0.121. The van der Waals surface area contributed by atoms with E-state index in [4.69, 9.17) is 23.2 Å². The third kappa shape index (κ3) is 2.67. The number of anilines is 1. The van der Waals surface area contributed by atoms with E-state index in [1.54, 1.807) is 48.5 Å². The molecule has 3 nitrogen and oxygen atoms in total. The molecule has 1 unspecified atom stereocenters. The van der Waals surface area contributed by atoms with Gasteiger partial charge in [-0.1, -0.05) is 35.3 Å². The molecule has 1 aliphatic rings. The van der Waals surface area contributed by atoms with E-state index in [2.05, 4.69) is 0 Å². The van der Waals surface area contributed by atoms with Gasteiger partial charge in [0.05, 0.1) is 11.6 Å². The maximum Gasteiger partial charge on any atom is 0.241 e. The van der Waals surface area contributed by atoms with Gasteiger partial charge in [0.1, 0.15) is 0 Å². The second-order valence-corrected chi connectivity index (χ2v) is 5.72. The van der Waals surface area contributed by atoms with Gasteiger partial charge in [0.15, 0.2) is 0 Å². The molecule has 0 radical (unpaired) electrons. The summed E-state index contributed by atoms with van der Waals surface area (Å²) in [6.07, 6.45) is 0.170. The molecule has 5 heteroatoms. The number of imide groups is 1. The number of halogens is 2. The van der Waals surface area contributed by atoms with Crippen LogP contribution in [0.2, 0.25) is 10.0 Å². The van der Waals surface area contributed by atoms with E-state index < -0.39 is 5.92 Å². The van der Waals surface area contributed by atoms with Crippen LogP contribution in [0.15, 0.2) is 48.5 Å². The Morgan fingerprint density at radius 1 is 0.857 bits per heavy atom. The van der Waals surface area contributed by atoms with E-state index in [1.807, 2.05) is 0 Å². The molecular formula is C16H11Cl2NO2. The highest BCUT2D eigenvalue weighted by molar-refractivity contribution is 6.31. The van der Waals surface area contributed by atoms with Crippen molar-refractivity contribution in [3.8, 4) is 0 Å². The van der Waals surface area contributed by atoms with Gasteiger partial charge in [0, 0.05) is 16.5 Å². The quantitative estimate of drug-likeness (QED) is 0.783. The summed E-state index contributed by atoms with van der Waals surface area (Å²) in [5, 5.41) is 1.16. The first-order chi connectivity index (χ1) is 10.1. The van der Waals surface area contributed by atoms with Crippen LogP contribution in [0, 0.1) is 0 Å². The lowest BCUT2D eigenvalue weighted by atomic mass is 9.98. The van der Waals surface area contributed by atoms with Gasteiger partial charge in [-0.3, -0.25) is 14.5 Å². The molecule has 1 saturated heterocycles. The summed E-state index contributed by atoms with van der Waals surface area (Å²) < 4.78 is 0. The van der Waals surface area contributed by atoms with Crippen molar-refractivity contribution in [2.45, 2.75) is 12.3 Å². The third-order valence-corrected chi connectivity index (χ3v) is 4.01. The first-order valence-electron chi connectivity index (χ1n) is 6.44. The molecule has 2 aromatic carbocycles. The first kappa shape index (κ1) is 14.1. The Bertz CT molecular complexity index is 695. The molecule has 1 fully saturated rings. The van der Waals surface area contributed by atoms with Crippen LogP contribution in [0.25, 0.3) is 0 Å². The summed E-state index contributed by atoms with van der Waals surface area (Å²) in [5.41, 5.74) is 1.35. The van der Waals surface area contributed by atoms with Crippen LogP contribution in [-0.2, 0) is 9.59 Å². The van der Waals surface area contributed by atoms with Crippen LogP contribution in [0.5, 0.6) is 0 Å². The maximum atomic E-state index is 12.5. The SMILES string of the molecule is O=C1CC(c2ccc(Cl)cc2)C(=O)N1c1ccc(Cl)cc1. The molecule has 1 aliphatic heterocycles. The Balaban J connectivity index is 1.92. The minimum absolute atomic E-state index is 0.170. The average molecular weight is 320 g/mol. The molecule has 0 bridgehead atoms. The highest BCUT2D eigenvalue weighted by Gasteiger charge is 2.40. The molecule has 0 saturated carbocycles. The second-order valence-electron chi connectivity index (χ2n) is 4.85. The van der Waals surface area contributed by atoms with Gasteiger partial charge in [-0.05, 0) is 42.0 Å². The predicted octanol–water partition coefficient (Wildman–Crippen LogP) is 4.04. The number of hydrogen-bond acceptors (Lipinski definition) is 2. The van der Waals surface area contributed by atoms with Crippen molar-refractivity contribution in [2.24, 2.45) is 0 Å². The van der Waals surface area contributed by atoms with E-state index in [0.717, 1.165) is 5.56 Å². The summed E-state index contributed by atoms with van der Waals surface area (Å²) in [6, 6.07) is 13.7. The number of carbonyl (C=O) groups is 2. The van der Waals surface area contributed by atoms with Crippen molar-refractivity contribution in [3.63, 3.8) is 0 Å². The van der Waals surface area contributed by atoms with Crippen molar-refractivity contribution in [1.29, 1.82) is 0 Å². The third-order valence-electron chi connectivity index (χ3n) is 3.50. The smallest absolute Gasteiger partial charge is 0.241 e. The lowest BCUT2D eigenvalue weighted by Crippen LogP contribution is -2.29. The lowest BCUT2D eigenvalue weighted by Gasteiger charge is -2.15. The predicted molar refractivity (Wildman–Crippen MR) is 82.8 cm³/mol. The zero-order valence-electron chi connectivity index (χ0n) is 10.9. The topological polar surface area (TPSA) is 37.4 Å². The van der Waals surface area contributed by atoms with Crippen LogP contribution < -0.4 is 4.90 Å². The summed E-state index contributed by atoms with van der Waals surface area (Å²) in [6.45, 7) is 0. The van der Waals surface area contributed by atoms with Gasteiger partial charge in [-0.15, -0.1) is 0 Å². The molecule has 21 heavy (non-hydrogen) atoms. The number of amides is 2. The molecule has 2 amide bonds. The number of hydrogen-bond donors (Lipinski definition) is 0. The fourth-order valence-corrected chi connectivity index (χ4v) is 2.70. The van der Waals surface area contributed by atoms with Gasteiger partial charge in [0.25, 0.3) is 0 Å². The molecule has 3 rings (SSSR count). The van der Waals surface area contributed by atoms with E-state index in [9.17, 15) is 9.59 Å². The standard InChI is InChI=1S/C16H11Cl2NO2/c17-11-3-1-10(2-4-11)14-9-15(20)19(16(14)21)13-7-5-12(18)6-8-13/h1-8,14H,9H2. The molecule has 106 valence electrons. The number of nitrogens with zero attached hydrogens (tertiary/aromatic N) is 1. The van der Waals surface area contributed by atoms with E-state index in [-0.39, 0.29) is 18.2 Å². The Labute approximate surface area is 132 Å². The maximum absolute atomic E-state index is 12.5. The van der Waals surface area contributed by atoms with Crippen molar-refractivity contribution in [3.05, 3.63) is 64.1 Å². The normalized spacial score (nSPS) is 18.4. The summed E-state index contributed by atoms with van der Waals surface area (Å²) >= 11 is 11.7. The van der Waals surface area contributed by atoms with E-state index in [1.165, 1.54) is 4.90 Å². The Morgan fingerprint density at radius 3 is 1.95 bits per heavy atom. The first-order valence-corrected chi connectivity index (χ1v) is 7.19. The second kappa shape index (κ2) is 5.51. The fraction of sp³-hybridized carbons (Fsp3) is 0.125. The van der Waals surface area contributed by atoms with Crippen molar-refractivity contribution in [1.82, 2.24) is 0 Å². The van der Waals surface area contributed by atoms with Gasteiger partial charge in [0.2, 0.25) is 11.8 Å². The molecule has 0 aliphatic carbocycles. The van der Waals surface area contributed by atoms with E-state index in [0.29, 0.717) is 15.7 Å². The highest BCUT2D eigenvalue weighted by atomic mass is 35.5. The van der Waals surface area contributed by atoms with Crippen LogP contribution in [-0.4, -0.2) is 11.8 Å². The van der Waals surface area contributed by atoms with Crippen molar-refractivity contribution in [2.75, 3.05) is 4.90 Å². The molecule has 1 heterocycles. The van der Waals surface area contributed by atoms with Gasteiger partial charge in [-0.2, -0.15) is 0 Å². The molecule has 2 aromatic rings. The zero-order chi connectivity index (χ0) is 15.0. The minimum atomic E-state index is -0.453. The Morgan fingerprint density at radius 2 is 1.38 bits per heavy atom. The van der Waals surface area contributed by atoms with E-state index >= 15 is 0 Å². The Hall–Kier alpha value is -1.84. The van der Waals surface area contributed by atoms with Crippen LogP contribution in [0.4, 0.5) is 5.69 Å². The molecule has 0 N–H and O–H groups in total. The molecule has 0 spiro atoms. The minimum Gasteiger partial charge on any atom is -0.274 e. The van der Waals surface area contributed by atoms with Crippen molar-refractivity contribution >= 4 is 40.7 Å². The monoisotopic (exact) mass is 319 g/mol.